The lowest BCUT2D eigenvalue weighted by atomic mass is 10.2. The van der Waals surface area contributed by atoms with Crippen LogP contribution < -0.4 is 10.6 Å². The Morgan fingerprint density at radius 2 is 1.59 bits per heavy atom. The van der Waals surface area contributed by atoms with E-state index in [2.05, 4.69) is 15.4 Å². The highest BCUT2D eigenvalue weighted by Gasteiger charge is 2.05. The number of benzene rings is 2. The number of anilines is 2. The van der Waals surface area contributed by atoms with Gasteiger partial charge in [-0.2, -0.15) is 0 Å². The van der Waals surface area contributed by atoms with Crippen molar-refractivity contribution >= 4 is 34.9 Å². The first-order chi connectivity index (χ1) is 10.6. The molecule has 0 aliphatic rings. The fraction of sp³-hybridized carbons (Fsp3) is 0.125. The summed E-state index contributed by atoms with van der Waals surface area (Å²) in [6.07, 6.45) is 0. The Labute approximate surface area is 133 Å². The van der Waals surface area contributed by atoms with E-state index in [1.54, 1.807) is 48.5 Å². The van der Waals surface area contributed by atoms with Crippen LogP contribution in [0.15, 0.2) is 48.5 Å². The highest BCUT2D eigenvalue weighted by Crippen LogP contribution is 2.13. The molecule has 1 amide bonds. The lowest BCUT2D eigenvalue weighted by Gasteiger charge is -2.08. The number of halogens is 1. The Morgan fingerprint density at radius 3 is 2.18 bits per heavy atom. The van der Waals surface area contributed by atoms with Crippen LogP contribution in [0, 0.1) is 0 Å². The first kappa shape index (κ1) is 15.9. The number of hydrogen-bond donors (Lipinski definition) is 2. The van der Waals surface area contributed by atoms with E-state index in [4.69, 9.17) is 11.6 Å². The molecule has 0 aliphatic heterocycles. The second-order valence-electron chi connectivity index (χ2n) is 4.48. The van der Waals surface area contributed by atoms with Crippen molar-refractivity contribution in [3.05, 3.63) is 59.1 Å². The van der Waals surface area contributed by atoms with E-state index in [0.717, 1.165) is 5.69 Å². The fourth-order valence-electron chi connectivity index (χ4n) is 1.76. The van der Waals surface area contributed by atoms with Crippen LogP contribution in [0.5, 0.6) is 0 Å². The smallest absolute Gasteiger partial charge is 0.337 e. The van der Waals surface area contributed by atoms with Crippen LogP contribution >= 0.6 is 11.6 Å². The number of esters is 1. The maximum atomic E-state index is 11.8. The molecule has 0 heterocycles. The lowest BCUT2D eigenvalue weighted by Crippen LogP contribution is -2.21. The molecule has 0 bridgehead atoms. The normalized spacial score (nSPS) is 9.91. The van der Waals surface area contributed by atoms with Gasteiger partial charge in [-0.25, -0.2) is 4.79 Å². The zero-order valence-corrected chi connectivity index (χ0v) is 12.7. The van der Waals surface area contributed by atoms with Gasteiger partial charge in [-0.1, -0.05) is 11.6 Å². The van der Waals surface area contributed by atoms with Gasteiger partial charge in [-0.05, 0) is 48.5 Å². The van der Waals surface area contributed by atoms with Crippen LogP contribution in [0.3, 0.4) is 0 Å². The van der Waals surface area contributed by atoms with Gasteiger partial charge in [0.1, 0.15) is 0 Å². The van der Waals surface area contributed by atoms with E-state index >= 15 is 0 Å². The molecule has 6 heteroatoms. The molecule has 0 saturated heterocycles. The van der Waals surface area contributed by atoms with Gasteiger partial charge in [-0.3, -0.25) is 4.79 Å². The summed E-state index contributed by atoms with van der Waals surface area (Å²) >= 11 is 5.78. The first-order valence-corrected chi connectivity index (χ1v) is 6.94. The summed E-state index contributed by atoms with van der Waals surface area (Å²) in [6.45, 7) is 0.111. The van der Waals surface area contributed by atoms with Crippen LogP contribution in [0.2, 0.25) is 5.02 Å². The molecule has 2 aromatic carbocycles. The minimum absolute atomic E-state index is 0.111. The van der Waals surface area contributed by atoms with E-state index in [-0.39, 0.29) is 12.5 Å². The van der Waals surface area contributed by atoms with Gasteiger partial charge in [0.15, 0.2) is 0 Å². The number of ether oxygens (including phenoxy) is 1. The number of nitrogens with one attached hydrogen (secondary N) is 2. The van der Waals surface area contributed by atoms with Crippen molar-refractivity contribution < 1.29 is 14.3 Å². The van der Waals surface area contributed by atoms with Crippen LogP contribution in [-0.4, -0.2) is 25.5 Å². The molecule has 0 fully saturated rings. The third-order valence-electron chi connectivity index (χ3n) is 2.89. The minimum atomic E-state index is -0.396. The van der Waals surface area contributed by atoms with Crippen LogP contribution in [0.25, 0.3) is 0 Å². The average Bonchev–Trinajstić information content (AvgIpc) is 2.55. The number of hydrogen-bond acceptors (Lipinski definition) is 4. The Bertz CT molecular complexity index is 654. The molecule has 5 nitrogen and oxygen atoms in total. The second-order valence-corrected chi connectivity index (χ2v) is 4.91. The maximum absolute atomic E-state index is 11.8. The van der Waals surface area contributed by atoms with E-state index in [1.165, 1.54) is 7.11 Å². The quantitative estimate of drug-likeness (QED) is 0.831. The highest BCUT2D eigenvalue weighted by molar-refractivity contribution is 6.30. The summed E-state index contributed by atoms with van der Waals surface area (Å²) in [5, 5.41) is 6.33. The third-order valence-corrected chi connectivity index (χ3v) is 3.14. The average molecular weight is 319 g/mol. The van der Waals surface area contributed by atoms with Gasteiger partial charge in [-0.15, -0.1) is 0 Å². The van der Waals surface area contributed by atoms with Gasteiger partial charge >= 0.3 is 5.97 Å². The number of rotatable bonds is 5. The number of carbonyl (C=O) groups excluding carboxylic acids is 2. The molecule has 2 aromatic rings. The Balaban J connectivity index is 1.85. The van der Waals surface area contributed by atoms with Crippen molar-refractivity contribution in [3.8, 4) is 0 Å². The maximum Gasteiger partial charge on any atom is 0.337 e. The van der Waals surface area contributed by atoms with Crippen LogP contribution in [0.4, 0.5) is 11.4 Å². The summed E-state index contributed by atoms with van der Waals surface area (Å²) < 4.78 is 4.62. The molecule has 22 heavy (non-hydrogen) atoms. The largest absolute Gasteiger partial charge is 0.465 e. The molecule has 2 N–H and O–H groups in total. The lowest BCUT2D eigenvalue weighted by molar-refractivity contribution is -0.114. The molecule has 0 saturated carbocycles. The minimum Gasteiger partial charge on any atom is -0.465 e. The zero-order valence-electron chi connectivity index (χ0n) is 11.9. The molecule has 2 rings (SSSR count). The van der Waals surface area contributed by atoms with Crippen LogP contribution in [0.1, 0.15) is 10.4 Å². The van der Waals surface area contributed by atoms with E-state index in [1.807, 2.05) is 0 Å². The summed E-state index contributed by atoms with van der Waals surface area (Å²) in [4.78, 5) is 23.1. The number of amides is 1. The molecule has 114 valence electrons. The topological polar surface area (TPSA) is 67.4 Å². The Hall–Kier alpha value is -2.53. The Kier molecular flexibility index (Phi) is 5.38. The molecule has 0 spiro atoms. The van der Waals surface area contributed by atoms with Crippen LogP contribution in [-0.2, 0) is 9.53 Å². The molecular weight excluding hydrogens is 304 g/mol. The van der Waals surface area contributed by atoms with Gasteiger partial charge in [0.05, 0.1) is 19.2 Å². The summed E-state index contributed by atoms with van der Waals surface area (Å²) in [5.74, 6) is -0.577. The summed E-state index contributed by atoms with van der Waals surface area (Å²) in [5.41, 5.74) is 1.87. The van der Waals surface area contributed by atoms with Crippen molar-refractivity contribution in [2.24, 2.45) is 0 Å². The monoisotopic (exact) mass is 318 g/mol. The SMILES string of the molecule is COC(=O)c1ccc(NCC(=O)Nc2ccc(Cl)cc2)cc1. The first-order valence-electron chi connectivity index (χ1n) is 6.56. The summed E-state index contributed by atoms with van der Waals surface area (Å²) in [6, 6.07) is 13.5. The van der Waals surface area contributed by atoms with Crippen molar-refractivity contribution in [2.45, 2.75) is 0 Å². The third kappa shape index (κ3) is 4.49. The van der Waals surface area contributed by atoms with Gasteiger partial charge in [0.2, 0.25) is 5.91 Å². The van der Waals surface area contributed by atoms with Gasteiger partial charge in [0.25, 0.3) is 0 Å². The molecule has 0 atom stereocenters. The van der Waals surface area contributed by atoms with Crippen molar-refractivity contribution in [1.29, 1.82) is 0 Å². The van der Waals surface area contributed by atoms with E-state index in [9.17, 15) is 9.59 Å². The standard InChI is InChI=1S/C16H15ClN2O3/c1-22-16(21)11-2-6-13(7-3-11)18-10-15(20)19-14-8-4-12(17)5-9-14/h2-9,18H,10H2,1H3,(H,19,20). The Morgan fingerprint density at radius 1 is 1.00 bits per heavy atom. The number of methoxy groups -OCH3 is 1. The van der Waals surface area contributed by atoms with Crippen molar-refractivity contribution in [1.82, 2.24) is 0 Å². The molecule has 0 aliphatic carbocycles. The highest BCUT2D eigenvalue weighted by atomic mass is 35.5. The number of carbonyl (C=O) groups is 2. The predicted molar refractivity (Wildman–Crippen MR) is 86.4 cm³/mol. The van der Waals surface area contributed by atoms with Crippen molar-refractivity contribution in [2.75, 3.05) is 24.3 Å². The summed E-state index contributed by atoms with van der Waals surface area (Å²) in [7, 11) is 1.33. The van der Waals surface area contributed by atoms with Crippen molar-refractivity contribution in [3.63, 3.8) is 0 Å². The molecule has 0 radical (unpaired) electrons. The molecule has 0 aromatic heterocycles. The van der Waals surface area contributed by atoms with Gasteiger partial charge in [0, 0.05) is 16.4 Å². The zero-order chi connectivity index (χ0) is 15.9. The predicted octanol–water partition coefficient (Wildman–Crippen LogP) is 3.18. The molecule has 0 unspecified atom stereocenters. The fourth-order valence-corrected chi connectivity index (χ4v) is 1.89. The second kappa shape index (κ2) is 7.47. The van der Waals surface area contributed by atoms with E-state index < -0.39 is 5.97 Å². The van der Waals surface area contributed by atoms with Gasteiger partial charge < -0.3 is 15.4 Å². The molecular formula is C16H15ClN2O3. The van der Waals surface area contributed by atoms with E-state index in [0.29, 0.717) is 16.3 Å².